The van der Waals surface area contributed by atoms with Crippen molar-refractivity contribution in [3.63, 3.8) is 0 Å². The van der Waals surface area contributed by atoms with E-state index in [4.69, 9.17) is 4.74 Å². The van der Waals surface area contributed by atoms with E-state index in [0.717, 1.165) is 37.0 Å². The van der Waals surface area contributed by atoms with Crippen LogP contribution in [0.4, 0.5) is 4.39 Å². The molecule has 0 bridgehead atoms. The second-order valence-electron chi connectivity index (χ2n) is 9.78. The summed E-state index contributed by atoms with van der Waals surface area (Å²) in [5.74, 6) is 3.40. The van der Waals surface area contributed by atoms with Crippen LogP contribution in [0.15, 0.2) is 30.9 Å². The van der Waals surface area contributed by atoms with Crippen molar-refractivity contribution in [1.82, 2.24) is 0 Å². The molecule has 29 heavy (non-hydrogen) atoms. The van der Waals surface area contributed by atoms with Crippen LogP contribution >= 0.6 is 0 Å². The van der Waals surface area contributed by atoms with Crippen LogP contribution in [-0.2, 0) is 4.79 Å². The molecule has 0 N–H and O–H groups in total. The highest BCUT2D eigenvalue weighted by atomic mass is 19.1. The molecule has 0 aliphatic heterocycles. The topological polar surface area (TPSA) is 26.3 Å². The predicted molar refractivity (Wildman–Crippen MR) is 114 cm³/mol. The van der Waals surface area contributed by atoms with Gasteiger partial charge in [0.15, 0.2) is 0 Å². The first-order valence-corrected chi connectivity index (χ1v) is 11.7. The summed E-state index contributed by atoms with van der Waals surface area (Å²) in [6.07, 6.45) is 14.4. The number of aryl methyl sites for hydroxylation is 1. The standard InChI is InChI=1S/C26H35FO2/c1-3-18-8-10-19(11-9-18)20-12-14-23-21(15-20)5-4-6-24(23)26(28)29-22-13-7-17(2)25(27)16-22/h3,7,13,16,18-21,23-24H,1,4-6,8-12,14-15H2,2H3. The van der Waals surface area contributed by atoms with Gasteiger partial charge in [-0.1, -0.05) is 25.0 Å². The maximum atomic E-state index is 13.8. The summed E-state index contributed by atoms with van der Waals surface area (Å²) in [6, 6.07) is 4.71. The first-order chi connectivity index (χ1) is 14.0. The summed E-state index contributed by atoms with van der Waals surface area (Å²) < 4.78 is 19.4. The van der Waals surface area contributed by atoms with Gasteiger partial charge in [-0.25, -0.2) is 4.39 Å². The highest BCUT2D eigenvalue weighted by Gasteiger charge is 2.43. The molecule has 3 heteroatoms. The molecule has 1 aromatic carbocycles. The fourth-order valence-corrected chi connectivity index (χ4v) is 6.40. The van der Waals surface area contributed by atoms with Gasteiger partial charge in [-0.15, -0.1) is 6.58 Å². The van der Waals surface area contributed by atoms with Gasteiger partial charge in [0.1, 0.15) is 11.6 Å². The van der Waals surface area contributed by atoms with E-state index in [1.165, 1.54) is 51.0 Å². The number of allylic oxidation sites excluding steroid dienone is 1. The Morgan fingerprint density at radius 1 is 1.03 bits per heavy atom. The summed E-state index contributed by atoms with van der Waals surface area (Å²) in [5.41, 5.74) is 0.572. The van der Waals surface area contributed by atoms with Gasteiger partial charge in [-0.05, 0) is 99.5 Å². The molecule has 4 rings (SSSR count). The molecule has 0 amide bonds. The molecular weight excluding hydrogens is 363 g/mol. The van der Waals surface area contributed by atoms with Gasteiger partial charge in [-0.3, -0.25) is 4.79 Å². The van der Waals surface area contributed by atoms with Crippen LogP contribution in [0.5, 0.6) is 5.75 Å². The van der Waals surface area contributed by atoms with E-state index in [9.17, 15) is 9.18 Å². The maximum absolute atomic E-state index is 13.8. The minimum atomic E-state index is -0.316. The summed E-state index contributed by atoms with van der Waals surface area (Å²) in [5, 5.41) is 0. The molecule has 0 radical (unpaired) electrons. The SMILES string of the molecule is C=CC1CCC(C2CCC3C(CCCC3C(=O)Oc3ccc(C)c(F)c3)C2)CC1. The number of benzene rings is 1. The third kappa shape index (κ3) is 4.59. The number of fused-ring (bicyclic) bond motifs is 1. The van der Waals surface area contributed by atoms with E-state index in [1.54, 1.807) is 19.1 Å². The van der Waals surface area contributed by atoms with E-state index in [2.05, 4.69) is 12.7 Å². The maximum Gasteiger partial charge on any atom is 0.314 e. The van der Waals surface area contributed by atoms with Crippen molar-refractivity contribution in [1.29, 1.82) is 0 Å². The van der Waals surface area contributed by atoms with Gasteiger partial charge in [0.05, 0.1) is 5.92 Å². The Kier molecular flexibility index (Phi) is 6.41. The van der Waals surface area contributed by atoms with Crippen LogP contribution in [0.1, 0.15) is 69.8 Å². The van der Waals surface area contributed by atoms with Crippen molar-refractivity contribution in [2.75, 3.05) is 0 Å². The third-order valence-corrected chi connectivity index (χ3v) is 8.17. The monoisotopic (exact) mass is 398 g/mol. The number of hydrogen-bond acceptors (Lipinski definition) is 2. The molecule has 4 atom stereocenters. The van der Waals surface area contributed by atoms with Crippen LogP contribution < -0.4 is 4.74 Å². The number of ether oxygens (including phenoxy) is 1. The Hall–Kier alpha value is -1.64. The quantitative estimate of drug-likeness (QED) is 0.314. The lowest BCUT2D eigenvalue weighted by Crippen LogP contribution is -2.40. The van der Waals surface area contributed by atoms with Gasteiger partial charge in [0.2, 0.25) is 0 Å². The van der Waals surface area contributed by atoms with Gasteiger partial charge in [0, 0.05) is 6.07 Å². The zero-order valence-corrected chi connectivity index (χ0v) is 17.7. The number of esters is 1. The second-order valence-corrected chi connectivity index (χ2v) is 9.78. The molecule has 158 valence electrons. The molecular formula is C26H35FO2. The predicted octanol–water partition coefficient (Wildman–Crippen LogP) is 6.86. The molecule has 4 unspecified atom stereocenters. The lowest BCUT2D eigenvalue weighted by molar-refractivity contribution is -0.144. The fraction of sp³-hybridized carbons (Fsp3) is 0.654. The summed E-state index contributed by atoms with van der Waals surface area (Å²) in [7, 11) is 0. The Morgan fingerprint density at radius 3 is 2.52 bits per heavy atom. The fourth-order valence-electron chi connectivity index (χ4n) is 6.40. The Labute approximate surface area is 174 Å². The van der Waals surface area contributed by atoms with Crippen molar-refractivity contribution in [3.05, 3.63) is 42.2 Å². The van der Waals surface area contributed by atoms with E-state index < -0.39 is 0 Å². The minimum Gasteiger partial charge on any atom is -0.426 e. The van der Waals surface area contributed by atoms with Gasteiger partial charge < -0.3 is 4.74 Å². The second kappa shape index (κ2) is 9.02. The van der Waals surface area contributed by atoms with Crippen LogP contribution in [0.25, 0.3) is 0 Å². The molecule has 3 fully saturated rings. The number of carbonyl (C=O) groups excluding carboxylic acids is 1. The van der Waals surface area contributed by atoms with E-state index in [-0.39, 0.29) is 17.7 Å². The van der Waals surface area contributed by atoms with E-state index >= 15 is 0 Å². The zero-order chi connectivity index (χ0) is 20.4. The van der Waals surface area contributed by atoms with Crippen LogP contribution in [0.3, 0.4) is 0 Å². The van der Waals surface area contributed by atoms with Crippen molar-refractivity contribution in [2.45, 2.75) is 71.1 Å². The Bertz CT molecular complexity index is 734. The smallest absolute Gasteiger partial charge is 0.314 e. The van der Waals surface area contributed by atoms with E-state index in [0.29, 0.717) is 23.1 Å². The van der Waals surface area contributed by atoms with Crippen LogP contribution in [-0.4, -0.2) is 5.97 Å². The molecule has 0 saturated heterocycles. The Morgan fingerprint density at radius 2 is 1.79 bits per heavy atom. The molecule has 2 nitrogen and oxygen atoms in total. The van der Waals surface area contributed by atoms with Crippen molar-refractivity contribution in [2.24, 2.45) is 35.5 Å². The summed E-state index contributed by atoms with van der Waals surface area (Å²) >= 11 is 0. The van der Waals surface area contributed by atoms with Crippen LogP contribution in [0.2, 0.25) is 0 Å². The summed E-state index contributed by atoms with van der Waals surface area (Å²) in [4.78, 5) is 12.9. The number of carbonyl (C=O) groups is 1. The zero-order valence-electron chi connectivity index (χ0n) is 17.7. The lowest BCUT2D eigenvalue weighted by atomic mass is 9.59. The highest BCUT2D eigenvalue weighted by Crippen LogP contribution is 2.50. The number of halogens is 1. The van der Waals surface area contributed by atoms with E-state index in [1.807, 2.05) is 0 Å². The van der Waals surface area contributed by atoms with Crippen LogP contribution in [0, 0.1) is 48.2 Å². The summed E-state index contributed by atoms with van der Waals surface area (Å²) in [6.45, 7) is 5.69. The normalized spacial score (nSPS) is 34.8. The van der Waals surface area contributed by atoms with Gasteiger partial charge in [0.25, 0.3) is 0 Å². The largest absolute Gasteiger partial charge is 0.426 e. The number of rotatable bonds is 4. The molecule has 3 saturated carbocycles. The Balaban J connectivity index is 1.36. The molecule has 3 aliphatic rings. The van der Waals surface area contributed by atoms with Gasteiger partial charge >= 0.3 is 5.97 Å². The molecule has 0 spiro atoms. The minimum absolute atomic E-state index is 0.0180. The average molecular weight is 399 g/mol. The molecule has 1 aromatic rings. The van der Waals surface area contributed by atoms with Crippen molar-refractivity contribution in [3.8, 4) is 5.75 Å². The van der Waals surface area contributed by atoms with Crippen molar-refractivity contribution >= 4 is 5.97 Å². The lowest BCUT2D eigenvalue weighted by Gasteiger charge is -2.45. The first kappa shape index (κ1) is 20.6. The first-order valence-electron chi connectivity index (χ1n) is 11.7. The average Bonchev–Trinajstić information content (AvgIpc) is 2.75. The molecule has 0 heterocycles. The highest BCUT2D eigenvalue weighted by molar-refractivity contribution is 5.75. The third-order valence-electron chi connectivity index (χ3n) is 8.17. The molecule has 3 aliphatic carbocycles. The van der Waals surface area contributed by atoms with Crippen molar-refractivity contribution < 1.29 is 13.9 Å². The molecule has 0 aromatic heterocycles. The van der Waals surface area contributed by atoms with Gasteiger partial charge in [-0.2, -0.15) is 0 Å². The number of hydrogen-bond donors (Lipinski definition) is 0.